The molecule has 0 bridgehead atoms. The Morgan fingerprint density at radius 3 is 3.12 bits per heavy atom. The number of rotatable bonds is 3. The van der Waals surface area contributed by atoms with Gasteiger partial charge in [0.15, 0.2) is 0 Å². The van der Waals surface area contributed by atoms with Gasteiger partial charge < -0.3 is 9.73 Å². The average Bonchev–Trinajstić information content (AvgIpc) is 2.70. The third kappa shape index (κ3) is 2.40. The van der Waals surface area contributed by atoms with E-state index in [2.05, 4.69) is 17.1 Å². The van der Waals surface area contributed by atoms with Gasteiger partial charge in [-0.3, -0.25) is 15.0 Å². The molecule has 2 heterocycles. The van der Waals surface area contributed by atoms with Crippen molar-refractivity contribution >= 4 is 5.88 Å². The van der Waals surface area contributed by atoms with Crippen molar-refractivity contribution in [2.45, 2.75) is 19.5 Å². The van der Waals surface area contributed by atoms with Crippen LogP contribution in [0, 0.1) is 10.1 Å². The fourth-order valence-electron chi connectivity index (χ4n) is 1.87. The summed E-state index contributed by atoms with van der Waals surface area (Å²) in [6.45, 7) is 5.60. The van der Waals surface area contributed by atoms with Gasteiger partial charge in [0.1, 0.15) is 10.7 Å². The number of nitrogens with zero attached hydrogens (tertiary/aromatic N) is 2. The second-order valence-electron chi connectivity index (χ2n) is 4.02. The van der Waals surface area contributed by atoms with E-state index in [1.54, 1.807) is 6.07 Å². The molecule has 1 fully saturated rings. The normalized spacial score (nSPS) is 22.2. The van der Waals surface area contributed by atoms with Crippen molar-refractivity contribution < 1.29 is 9.34 Å². The summed E-state index contributed by atoms with van der Waals surface area (Å²) in [7, 11) is 0. The lowest BCUT2D eigenvalue weighted by atomic mass is 10.2. The number of hydrogen-bond donors (Lipinski definition) is 1. The summed E-state index contributed by atoms with van der Waals surface area (Å²) < 4.78 is 5.13. The minimum absolute atomic E-state index is 0.183. The molecule has 1 unspecified atom stereocenters. The average molecular weight is 225 g/mol. The second kappa shape index (κ2) is 4.63. The Bertz CT molecular complexity index is 377. The Morgan fingerprint density at radius 2 is 2.50 bits per heavy atom. The van der Waals surface area contributed by atoms with E-state index in [9.17, 15) is 10.1 Å². The van der Waals surface area contributed by atoms with Gasteiger partial charge in [-0.15, -0.1) is 0 Å². The number of nitro groups is 1. The van der Waals surface area contributed by atoms with Crippen LogP contribution in [0.25, 0.3) is 0 Å². The van der Waals surface area contributed by atoms with Crippen LogP contribution < -0.4 is 5.32 Å². The molecule has 0 spiro atoms. The zero-order valence-electron chi connectivity index (χ0n) is 9.18. The molecule has 1 N–H and O–H groups in total. The lowest BCUT2D eigenvalue weighted by molar-refractivity contribution is -0.402. The van der Waals surface area contributed by atoms with E-state index in [-0.39, 0.29) is 5.88 Å². The van der Waals surface area contributed by atoms with Gasteiger partial charge >= 0.3 is 5.88 Å². The van der Waals surface area contributed by atoms with E-state index >= 15 is 0 Å². The van der Waals surface area contributed by atoms with Gasteiger partial charge in [0, 0.05) is 25.7 Å². The highest BCUT2D eigenvalue weighted by Gasteiger charge is 2.20. The summed E-state index contributed by atoms with van der Waals surface area (Å²) in [5.41, 5.74) is 0. The van der Waals surface area contributed by atoms with Crippen LogP contribution in [0.2, 0.25) is 0 Å². The molecule has 6 nitrogen and oxygen atoms in total. The summed E-state index contributed by atoms with van der Waals surface area (Å²) in [4.78, 5) is 12.2. The minimum Gasteiger partial charge on any atom is -0.404 e. The maximum atomic E-state index is 10.5. The van der Waals surface area contributed by atoms with Crippen LogP contribution in [0.15, 0.2) is 16.5 Å². The molecule has 16 heavy (non-hydrogen) atoms. The predicted molar refractivity (Wildman–Crippen MR) is 58.1 cm³/mol. The van der Waals surface area contributed by atoms with Gasteiger partial charge in [-0.25, -0.2) is 0 Å². The number of piperazine rings is 1. The third-order valence-electron chi connectivity index (χ3n) is 2.83. The molecule has 2 rings (SSSR count). The lowest BCUT2D eigenvalue weighted by Gasteiger charge is -2.32. The lowest BCUT2D eigenvalue weighted by Crippen LogP contribution is -2.49. The predicted octanol–water partition coefficient (Wildman–Crippen LogP) is 0.981. The van der Waals surface area contributed by atoms with E-state index in [1.165, 1.54) is 6.07 Å². The first-order valence-corrected chi connectivity index (χ1v) is 5.34. The second-order valence-corrected chi connectivity index (χ2v) is 4.02. The van der Waals surface area contributed by atoms with Crippen molar-refractivity contribution in [1.29, 1.82) is 0 Å². The summed E-state index contributed by atoms with van der Waals surface area (Å²) in [6, 6.07) is 3.51. The molecule has 1 atom stereocenters. The van der Waals surface area contributed by atoms with Gasteiger partial charge in [0.2, 0.25) is 0 Å². The molecule has 1 aromatic rings. The van der Waals surface area contributed by atoms with Crippen molar-refractivity contribution in [1.82, 2.24) is 10.2 Å². The van der Waals surface area contributed by atoms with E-state index < -0.39 is 4.92 Å². The van der Waals surface area contributed by atoms with Crippen molar-refractivity contribution in [3.05, 3.63) is 28.0 Å². The Labute approximate surface area is 93.4 Å². The van der Waals surface area contributed by atoms with E-state index in [0.717, 1.165) is 19.6 Å². The highest BCUT2D eigenvalue weighted by molar-refractivity contribution is 5.17. The Morgan fingerprint density at radius 1 is 1.69 bits per heavy atom. The minimum atomic E-state index is -0.509. The quantitative estimate of drug-likeness (QED) is 0.613. The number of nitrogens with one attached hydrogen (secondary N) is 1. The molecule has 0 saturated carbocycles. The number of furan rings is 1. The maximum absolute atomic E-state index is 10.5. The summed E-state index contributed by atoms with van der Waals surface area (Å²) in [5.74, 6) is 0.471. The molecule has 1 aromatic heterocycles. The van der Waals surface area contributed by atoms with E-state index in [4.69, 9.17) is 4.42 Å². The molecule has 88 valence electrons. The Kier molecular flexibility index (Phi) is 3.21. The first-order valence-electron chi connectivity index (χ1n) is 5.34. The Balaban J connectivity index is 1.99. The molecular weight excluding hydrogens is 210 g/mol. The zero-order chi connectivity index (χ0) is 11.5. The third-order valence-corrected chi connectivity index (χ3v) is 2.83. The SMILES string of the molecule is CC1CNCCN1Cc1ccc([N+](=O)[O-])o1. The van der Waals surface area contributed by atoms with Gasteiger partial charge in [0.05, 0.1) is 12.6 Å². The van der Waals surface area contributed by atoms with Crippen molar-refractivity contribution in [3.8, 4) is 0 Å². The zero-order valence-corrected chi connectivity index (χ0v) is 9.18. The standard InChI is InChI=1S/C10H15N3O3/c1-8-6-11-4-5-12(8)7-9-2-3-10(16-9)13(14)15/h2-3,8,11H,4-7H2,1H3. The van der Waals surface area contributed by atoms with E-state index in [0.29, 0.717) is 18.3 Å². The van der Waals surface area contributed by atoms with Gasteiger partial charge in [-0.05, 0) is 13.0 Å². The smallest absolute Gasteiger partial charge is 0.404 e. The van der Waals surface area contributed by atoms with Crippen molar-refractivity contribution in [3.63, 3.8) is 0 Å². The topological polar surface area (TPSA) is 71.5 Å². The van der Waals surface area contributed by atoms with Gasteiger partial charge in [-0.2, -0.15) is 0 Å². The molecule has 0 radical (unpaired) electrons. The van der Waals surface area contributed by atoms with Crippen molar-refractivity contribution in [2.75, 3.05) is 19.6 Å². The maximum Gasteiger partial charge on any atom is 0.433 e. The van der Waals surface area contributed by atoms with Crippen LogP contribution in [-0.4, -0.2) is 35.5 Å². The highest BCUT2D eigenvalue weighted by atomic mass is 16.6. The van der Waals surface area contributed by atoms with Crippen molar-refractivity contribution in [2.24, 2.45) is 0 Å². The first kappa shape index (κ1) is 11.1. The monoisotopic (exact) mass is 225 g/mol. The van der Waals surface area contributed by atoms with Gasteiger partial charge in [0.25, 0.3) is 0 Å². The van der Waals surface area contributed by atoms with Crippen LogP contribution in [0.1, 0.15) is 12.7 Å². The molecule has 6 heteroatoms. The van der Waals surface area contributed by atoms with Crippen LogP contribution in [0.4, 0.5) is 5.88 Å². The van der Waals surface area contributed by atoms with Crippen LogP contribution in [0.5, 0.6) is 0 Å². The molecule has 1 saturated heterocycles. The summed E-state index contributed by atoms with van der Waals surface area (Å²) in [5, 5.41) is 13.8. The highest BCUT2D eigenvalue weighted by Crippen LogP contribution is 2.18. The van der Waals surface area contributed by atoms with E-state index in [1.807, 2.05) is 0 Å². The summed E-state index contributed by atoms with van der Waals surface area (Å²) >= 11 is 0. The molecule has 0 amide bonds. The summed E-state index contributed by atoms with van der Waals surface area (Å²) in [6.07, 6.45) is 0. The van der Waals surface area contributed by atoms with Crippen LogP contribution >= 0.6 is 0 Å². The van der Waals surface area contributed by atoms with Gasteiger partial charge in [-0.1, -0.05) is 0 Å². The fourth-order valence-corrected chi connectivity index (χ4v) is 1.87. The Hall–Kier alpha value is -1.40. The van der Waals surface area contributed by atoms with Crippen LogP contribution in [-0.2, 0) is 6.54 Å². The fraction of sp³-hybridized carbons (Fsp3) is 0.600. The largest absolute Gasteiger partial charge is 0.433 e. The van der Waals surface area contributed by atoms with Crippen LogP contribution in [0.3, 0.4) is 0 Å². The number of hydrogen-bond acceptors (Lipinski definition) is 5. The molecular formula is C10H15N3O3. The molecule has 1 aliphatic rings. The molecule has 0 aromatic carbocycles. The first-order chi connectivity index (χ1) is 7.66. The molecule has 1 aliphatic heterocycles. The molecule has 0 aliphatic carbocycles.